The number of nitrogens with zero attached hydrogens (tertiary/aromatic N) is 1. The van der Waals surface area contributed by atoms with Crippen molar-refractivity contribution in [2.24, 2.45) is 11.8 Å². The van der Waals surface area contributed by atoms with Gasteiger partial charge in [0.05, 0.1) is 12.8 Å². The van der Waals surface area contributed by atoms with Gasteiger partial charge in [0.1, 0.15) is 11.9 Å². The zero-order valence-electron chi connectivity index (χ0n) is 12.8. The highest BCUT2D eigenvalue weighted by molar-refractivity contribution is 5.84. The van der Waals surface area contributed by atoms with Gasteiger partial charge in [0.15, 0.2) is 11.8 Å². The van der Waals surface area contributed by atoms with E-state index < -0.39 is 28.9 Å². The minimum absolute atomic E-state index is 0.322. The molecule has 0 saturated heterocycles. The first-order chi connectivity index (χ1) is 11.0. The molecular formula is C15H20N3O5+. The molecule has 1 aromatic carbocycles. The fourth-order valence-electron chi connectivity index (χ4n) is 3.20. The largest absolute Gasteiger partial charge is 0.487 e. The minimum atomic E-state index is -0.842. The summed E-state index contributed by atoms with van der Waals surface area (Å²) in [6, 6.07) is 6.84. The van der Waals surface area contributed by atoms with Crippen LogP contribution in [0.2, 0.25) is 0 Å². The molecule has 23 heavy (non-hydrogen) atoms. The summed E-state index contributed by atoms with van der Waals surface area (Å²) in [6.45, 7) is 1.38. The third-order valence-corrected chi connectivity index (χ3v) is 4.49. The van der Waals surface area contributed by atoms with E-state index in [1.165, 1.54) is 6.92 Å². The molecule has 4 atom stereocenters. The minimum Gasteiger partial charge on any atom is -0.487 e. The number of hydrazine groups is 1. The Labute approximate surface area is 133 Å². The quantitative estimate of drug-likeness (QED) is 0.421. The van der Waals surface area contributed by atoms with Crippen molar-refractivity contribution in [2.45, 2.75) is 38.4 Å². The molecule has 124 valence electrons. The number of carboxylic acid groups (broad SMARTS) is 1. The van der Waals surface area contributed by atoms with Gasteiger partial charge in [-0.15, -0.1) is 0 Å². The van der Waals surface area contributed by atoms with Gasteiger partial charge in [0.2, 0.25) is 0 Å². The molecule has 4 unspecified atom stereocenters. The maximum atomic E-state index is 12.2. The molecule has 1 aliphatic carbocycles. The van der Waals surface area contributed by atoms with Crippen LogP contribution in [0.4, 0.5) is 5.69 Å². The summed E-state index contributed by atoms with van der Waals surface area (Å²) >= 11 is 0. The topological polar surface area (TPSA) is 111 Å². The maximum Gasteiger partial charge on any atom is 0.369 e. The molecule has 1 aromatic rings. The van der Waals surface area contributed by atoms with Crippen molar-refractivity contribution in [1.29, 1.82) is 0 Å². The number of carbonyl (C=O) groups is 2. The SMILES string of the molecule is CC(=O)[N+]1(NN)OC2CCC(C(=O)O)CC2Oc2ccc1cc2. The van der Waals surface area contributed by atoms with E-state index in [0.29, 0.717) is 30.7 Å². The number of nitrogens with two attached hydrogens (primary N) is 1. The molecule has 0 aromatic heterocycles. The Kier molecular flexibility index (Phi) is 4.07. The van der Waals surface area contributed by atoms with E-state index in [2.05, 4.69) is 5.53 Å². The highest BCUT2D eigenvalue weighted by atomic mass is 16.8. The summed E-state index contributed by atoms with van der Waals surface area (Å²) in [5, 5.41) is 9.25. The molecule has 8 nitrogen and oxygen atoms in total. The number of carboxylic acids is 1. The molecule has 0 radical (unpaired) electrons. The Balaban J connectivity index is 2.00. The number of ether oxygens (including phenoxy) is 1. The third-order valence-electron chi connectivity index (χ3n) is 4.49. The van der Waals surface area contributed by atoms with Crippen molar-refractivity contribution in [1.82, 2.24) is 10.3 Å². The van der Waals surface area contributed by atoms with E-state index in [0.717, 1.165) is 0 Å². The van der Waals surface area contributed by atoms with Crippen LogP contribution in [0.3, 0.4) is 0 Å². The highest BCUT2D eigenvalue weighted by Crippen LogP contribution is 2.36. The maximum absolute atomic E-state index is 12.2. The second-order valence-electron chi connectivity index (χ2n) is 5.90. The van der Waals surface area contributed by atoms with Crippen molar-refractivity contribution in [3.8, 4) is 5.75 Å². The first-order valence-electron chi connectivity index (χ1n) is 7.53. The van der Waals surface area contributed by atoms with Gasteiger partial charge < -0.3 is 9.84 Å². The molecule has 0 spiro atoms. The summed E-state index contributed by atoms with van der Waals surface area (Å²) in [6.07, 6.45) is 0.348. The lowest BCUT2D eigenvalue weighted by Crippen LogP contribution is -2.67. The number of amides is 1. The molecule has 2 aliphatic heterocycles. The fraction of sp³-hybridized carbons (Fsp3) is 0.467. The van der Waals surface area contributed by atoms with Crippen molar-refractivity contribution in [3.05, 3.63) is 24.3 Å². The normalized spacial score (nSPS) is 32.9. The van der Waals surface area contributed by atoms with Crippen LogP contribution in [0, 0.1) is 5.92 Å². The molecule has 2 bridgehead atoms. The van der Waals surface area contributed by atoms with E-state index in [1.54, 1.807) is 24.3 Å². The van der Waals surface area contributed by atoms with Crippen molar-refractivity contribution in [3.63, 3.8) is 0 Å². The van der Waals surface area contributed by atoms with Gasteiger partial charge in [0.25, 0.3) is 0 Å². The first kappa shape index (κ1) is 15.9. The molecule has 4 N–H and O–H groups in total. The van der Waals surface area contributed by atoms with Gasteiger partial charge in [-0.1, -0.05) is 5.53 Å². The average molecular weight is 322 g/mol. The average Bonchev–Trinajstić information content (AvgIpc) is 2.64. The second-order valence-corrected chi connectivity index (χ2v) is 5.90. The predicted octanol–water partition coefficient (Wildman–Crippen LogP) is 0.865. The Morgan fingerprint density at radius 2 is 1.96 bits per heavy atom. The number of fused-ring (bicyclic) bond motifs is 3. The molecular weight excluding hydrogens is 302 g/mol. The van der Waals surface area contributed by atoms with Gasteiger partial charge in [-0.2, -0.15) is 4.84 Å². The lowest BCUT2D eigenvalue weighted by Gasteiger charge is -2.37. The number of aliphatic carboxylic acids is 1. The van der Waals surface area contributed by atoms with Crippen LogP contribution in [0.1, 0.15) is 26.2 Å². The Morgan fingerprint density at radius 1 is 1.26 bits per heavy atom. The van der Waals surface area contributed by atoms with E-state index in [1.807, 2.05) is 0 Å². The number of rotatable bonds is 2. The third kappa shape index (κ3) is 2.70. The molecule has 3 aliphatic rings. The van der Waals surface area contributed by atoms with Crippen molar-refractivity contribution in [2.75, 3.05) is 0 Å². The zero-order chi connectivity index (χ0) is 16.6. The predicted molar refractivity (Wildman–Crippen MR) is 80.5 cm³/mol. The van der Waals surface area contributed by atoms with Crippen LogP contribution in [-0.4, -0.2) is 29.2 Å². The van der Waals surface area contributed by atoms with Crippen LogP contribution in [0.15, 0.2) is 24.3 Å². The number of benzene rings is 1. The number of carbonyl (C=O) groups excluding carboxylic acids is 1. The second kappa shape index (κ2) is 5.89. The molecule has 2 heterocycles. The smallest absolute Gasteiger partial charge is 0.369 e. The Morgan fingerprint density at radius 3 is 2.52 bits per heavy atom. The molecule has 1 amide bonds. The van der Waals surface area contributed by atoms with Crippen LogP contribution < -0.4 is 20.9 Å². The number of nitrogens with one attached hydrogen (secondary N) is 1. The number of hydroxylamine groups is 1. The Hall–Kier alpha value is -2.00. The van der Waals surface area contributed by atoms with Gasteiger partial charge in [-0.25, -0.2) is 10.6 Å². The summed E-state index contributed by atoms with van der Waals surface area (Å²) < 4.78 is 5.25. The number of quaternary nitrogens is 1. The molecule has 1 fully saturated rings. The van der Waals surface area contributed by atoms with Crippen molar-refractivity contribution >= 4 is 17.6 Å². The van der Waals surface area contributed by atoms with Gasteiger partial charge >= 0.3 is 11.9 Å². The fourth-order valence-corrected chi connectivity index (χ4v) is 3.20. The van der Waals surface area contributed by atoms with Gasteiger partial charge in [-0.05, 0) is 25.0 Å². The summed E-state index contributed by atoms with van der Waals surface area (Å²) in [5.74, 6) is 4.59. The zero-order valence-corrected chi connectivity index (χ0v) is 12.8. The van der Waals surface area contributed by atoms with E-state index >= 15 is 0 Å². The van der Waals surface area contributed by atoms with Crippen molar-refractivity contribution < 1.29 is 24.3 Å². The number of hydrogen-bond acceptors (Lipinski definition) is 6. The van der Waals surface area contributed by atoms with Crippen LogP contribution in [0.5, 0.6) is 5.75 Å². The van der Waals surface area contributed by atoms with Gasteiger partial charge in [0, 0.05) is 23.3 Å². The summed E-state index contributed by atoms with van der Waals surface area (Å²) in [4.78, 5) is 29.5. The van der Waals surface area contributed by atoms with E-state index in [-0.39, 0.29) is 5.91 Å². The summed E-state index contributed by atoms with van der Waals surface area (Å²) in [5.41, 5.74) is 2.99. The summed E-state index contributed by atoms with van der Waals surface area (Å²) in [7, 11) is 0. The standard InChI is InChI=1S/C15H19N3O5/c1-9(19)18(17-16)11-3-5-12(6-4-11)22-14-8-10(15(20)21)2-7-13(14)23-18/h3-6,10,13-14,17H,2,7-8,16H2,1H3/p+1. The van der Waals surface area contributed by atoms with Crippen LogP contribution >= 0.6 is 0 Å². The highest BCUT2D eigenvalue weighted by Gasteiger charge is 2.48. The van der Waals surface area contributed by atoms with E-state index in [4.69, 9.17) is 15.4 Å². The van der Waals surface area contributed by atoms with Crippen LogP contribution in [0.25, 0.3) is 0 Å². The monoisotopic (exact) mass is 322 g/mol. The van der Waals surface area contributed by atoms with Crippen LogP contribution in [-0.2, 0) is 14.4 Å². The first-order valence-corrected chi connectivity index (χ1v) is 7.53. The van der Waals surface area contributed by atoms with Gasteiger partial charge in [-0.3, -0.25) is 4.79 Å². The number of hydrogen-bond donors (Lipinski definition) is 3. The Bertz CT molecular complexity index is 620. The molecule has 1 saturated carbocycles. The lowest BCUT2D eigenvalue weighted by atomic mass is 9.85. The lowest BCUT2D eigenvalue weighted by molar-refractivity contribution is -0.238. The van der Waals surface area contributed by atoms with E-state index in [9.17, 15) is 14.7 Å². The molecule has 4 rings (SSSR count). The molecule has 8 heteroatoms.